The number of thioether (sulfide) groups is 1. The third-order valence-electron chi connectivity index (χ3n) is 2.42. The third-order valence-corrected chi connectivity index (χ3v) is 3.22. The molecule has 0 radical (unpaired) electrons. The van der Waals surface area contributed by atoms with Crippen LogP contribution in [0.15, 0.2) is 53.4 Å². The van der Waals surface area contributed by atoms with E-state index in [-0.39, 0.29) is 0 Å². The van der Waals surface area contributed by atoms with Crippen LogP contribution in [0.5, 0.6) is 0 Å². The molecule has 0 saturated carbocycles. The zero-order chi connectivity index (χ0) is 12.1. The van der Waals surface area contributed by atoms with E-state index in [4.69, 9.17) is 5.26 Å². The maximum Gasteiger partial charge on any atom is 0.101 e. The molecule has 2 aromatic rings. The van der Waals surface area contributed by atoms with E-state index in [1.165, 1.54) is 4.90 Å². The summed E-state index contributed by atoms with van der Waals surface area (Å²) >= 11 is 1.68. The van der Waals surface area contributed by atoms with Crippen molar-refractivity contribution in [2.45, 2.75) is 4.90 Å². The van der Waals surface area contributed by atoms with Crippen molar-refractivity contribution in [3.8, 4) is 6.07 Å². The Hall–Kier alpha value is -1.92. The lowest BCUT2D eigenvalue weighted by Crippen LogP contribution is -1.94. The van der Waals surface area contributed by atoms with Crippen molar-refractivity contribution >= 4 is 23.1 Å². The lowest BCUT2D eigenvalue weighted by molar-refractivity contribution is 1.40. The van der Waals surface area contributed by atoms with Crippen LogP contribution in [0, 0.1) is 11.3 Å². The van der Waals surface area contributed by atoms with E-state index in [9.17, 15) is 0 Å². The van der Waals surface area contributed by atoms with Crippen molar-refractivity contribution in [2.75, 3.05) is 11.6 Å². The van der Waals surface area contributed by atoms with E-state index < -0.39 is 0 Å². The van der Waals surface area contributed by atoms with Gasteiger partial charge in [-0.1, -0.05) is 24.3 Å². The van der Waals surface area contributed by atoms with Gasteiger partial charge in [0, 0.05) is 4.90 Å². The molecule has 17 heavy (non-hydrogen) atoms. The Balaban J connectivity index is 2.35. The lowest BCUT2D eigenvalue weighted by atomic mass is 10.2. The van der Waals surface area contributed by atoms with Gasteiger partial charge in [0.05, 0.1) is 16.9 Å². The van der Waals surface area contributed by atoms with Gasteiger partial charge in [-0.25, -0.2) is 0 Å². The molecule has 0 bridgehead atoms. The van der Waals surface area contributed by atoms with E-state index in [1.807, 2.05) is 48.7 Å². The zero-order valence-electron chi connectivity index (χ0n) is 9.47. The topological polar surface area (TPSA) is 35.8 Å². The quantitative estimate of drug-likeness (QED) is 0.823. The first-order chi connectivity index (χ1) is 8.35. The predicted molar refractivity (Wildman–Crippen MR) is 72.7 cm³/mol. The van der Waals surface area contributed by atoms with Gasteiger partial charge in [0.25, 0.3) is 0 Å². The highest BCUT2D eigenvalue weighted by atomic mass is 32.2. The van der Waals surface area contributed by atoms with E-state index in [0.29, 0.717) is 5.56 Å². The normalized spacial score (nSPS) is 9.65. The van der Waals surface area contributed by atoms with Crippen LogP contribution in [0.25, 0.3) is 0 Å². The van der Waals surface area contributed by atoms with Crippen LogP contribution < -0.4 is 5.32 Å². The Morgan fingerprint density at radius 1 is 1.00 bits per heavy atom. The highest BCUT2D eigenvalue weighted by Crippen LogP contribution is 2.28. The fourth-order valence-corrected chi connectivity index (χ4v) is 2.14. The number of rotatable bonds is 3. The molecule has 2 nitrogen and oxygen atoms in total. The first-order valence-corrected chi connectivity index (χ1v) is 6.47. The van der Waals surface area contributed by atoms with Gasteiger partial charge in [-0.05, 0) is 30.5 Å². The van der Waals surface area contributed by atoms with Crippen LogP contribution in [0.1, 0.15) is 5.56 Å². The smallest absolute Gasteiger partial charge is 0.101 e. The van der Waals surface area contributed by atoms with Crippen molar-refractivity contribution in [1.82, 2.24) is 0 Å². The van der Waals surface area contributed by atoms with Crippen molar-refractivity contribution < 1.29 is 0 Å². The summed E-state index contributed by atoms with van der Waals surface area (Å²) in [4.78, 5) is 1.17. The largest absolute Gasteiger partial charge is 0.354 e. The highest BCUT2D eigenvalue weighted by molar-refractivity contribution is 7.98. The molecule has 0 aliphatic carbocycles. The Labute approximate surface area is 105 Å². The fraction of sp³-hybridized carbons (Fsp3) is 0.0714. The number of anilines is 2. The molecule has 0 aromatic heterocycles. The molecule has 0 unspecified atom stereocenters. The molecule has 84 valence electrons. The standard InChI is InChI=1S/C14H12N2S/c1-17-14-9-5-4-8-13(14)16-12-7-3-2-6-11(12)10-15/h2-9,16H,1H3. The predicted octanol–water partition coefficient (Wildman–Crippen LogP) is 4.02. The van der Waals surface area contributed by atoms with Crippen LogP contribution in [0.3, 0.4) is 0 Å². The number of nitrogens with one attached hydrogen (secondary N) is 1. The van der Waals surface area contributed by atoms with Crippen LogP contribution >= 0.6 is 11.8 Å². The second-order valence-corrected chi connectivity index (χ2v) is 4.33. The van der Waals surface area contributed by atoms with E-state index in [0.717, 1.165) is 11.4 Å². The van der Waals surface area contributed by atoms with E-state index >= 15 is 0 Å². The number of nitrogens with zero attached hydrogens (tertiary/aromatic N) is 1. The number of nitriles is 1. The minimum Gasteiger partial charge on any atom is -0.354 e. The molecule has 0 spiro atoms. The summed E-state index contributed by atoms with van der Waals surface area (Å²) in [5, 5.41) is 12.3. The van der Waals surface area contributed by atoms with Gasteiger partial charge in [-0.15, -0.1) is 11.8 Å². The molecule has 2 rings (SSSR count). The van der Waals surface area contributed by atoms with Gasteiger partial charge in [-0.3, -0.25) is 0 Å². The molecule has 2 aromatic carbocycles. The molecule has 1 N–H and O–H groups in total. The van der Waals surface area contributed by atoms with Crippen LogP contribution in [0.2, 0.25) is 0 Å². The summed E-state index contributed by atoms with van der Waals surface area (Å²) in [6.07, 6.45) is 2.04. The molecule has 3 heteroatoms. The maximum atomic E-state index is 9.03. The molecular weight excluding hydrogens is 228 g/mol. The zero-order valence-corrected chi connectivity index (χ0v) is 10.3. The van der Waals surface area contributed by atoms with Crippen LogP contribution in [-0.4, -0.2) is 6.26 Å². The Bertz CT molecular complexity index is 558. The molecule has 0 atom stereocenters. The molecule has 0 saturated heterocycles. The summed E-state index contributed by atoms with van der Waals surface area (Å²) in [6.45, 7) is 0. The number of hydrogen-bond acceptors (Lipinski definition) is 3. The summed E-state index contributed by atoms with van der Waals surface area (Å²) < 4.78 is 0. The molecule has 0 aliphatic rings. The Morgan fingerprint density at radius 2 is 1.65 bits per heavy atom. The molecule has 0 heterocycles. The average molecular weight is 240 g/mol. The summed E-state index contributed by atoms with van der Waals surface area (Å²) in [7, 11) is 0. The number of hydrogen-bond donors (Lipinski definition) is 1. The third kappa shape index (κ3) is 2.61. The lowest BCUT2D eigenvalue weighted by Gasteiger charge is -2.11. The van der Waals surface area contributed by atoms with Gasteiger partial charge in [0.15, 0.2) is 0 Å². The van der Waals surface area contributed by atoms with Crippen molar-refractivity contribution in [3.05, 3.63) is 54.1 Å². The fourth-order valence-electron chi connectivity index (χ4n) is 1.58. The second-order valence-electron chi connectivity index (χ2n) is 3.48. The van der Waals surface area contributed by atoms with E-state index in [1.54, 1.807) is 11.8 Å². The number of para-hydroxylation sites is 2. The second kappa shape index (κ2) is 5.42. The molecule has 0 fully saturated rings. The molecule has 0 amide bonds. The summed E-state index contributed by atoms with van der Waals surface area (Å²) in [6, 6.07) is 17.8. The van der Waals surface area contributed by atoms with Crippen molar-refractivity contribution in [2.24, 2.45) is 0 Å². The van der Waals surface area contributed by atoms with Crippen molar-refractivity contribution in [3.63, 3.8) is 0 Å². The van der Waals surface area contributed by atoms with Gasteiger partial charge in [0.2, 0.25) is 0 Å². The first kappa shape index (κ1) is 11.6. The van der Waals surface area contributed by atoms with Crippen LogP contribution in [0.4, 0.5) is 11.4 Å². The summed E-state index contributed by atoms with van der Waals surface area (Å²) in [5.41, 5.74) is 2.53. The van der Waals surface area contributed by atoms with E-state index in [2.05, 4.69) is 17.5 Å². The van der Waals surface area contributed by atoms with Gasteiger partial charge < -0.3 is 5.32 Å². The minimum atomic E-state index is 0.656. The van der Waals surface area contributed by atoms with Gasteiger partial charge >= 0.3 is 0 Å². The monoisotopic (exact) mass is 240 g/mol. The molecular formula is C14H12N2S. The summed E-state index contributed by atoms with van der Waals surface area (Å²) in [5.74, 6) is 0. The minimum absolute atomic E-state index is 0.656. The number of benzene rings is 2. The first-order valence-electron chi connectivity index (χ1n) is 5.24. The SMILES string of the molecule is CSc1ccccc1Nc1ccccc1C#N. The highest BCUT2D eigenvalue weighted by Gasteiger charge is 2.04. The van der Waals surface area contributed by atoms with Gasteiger partial charge in [-0.2, -0.15) is 5.26 Å². The van der Waals surface area contributed by atoms with Crippen LogP contribution in [-0.2, 0) is 0 Å². The van der Waals surface area contributed by atoms with Crippen molar-refractivity contribution in [1.29, 1.82) is 5.26 Å². The average Bonchev–Trinajstić information content (AvgIpc) is 2.40. The Kier molecular flexibility index (Phi) is 3.69. The Morgan fingerprint density at radius 3 is 2.35 bits per heavy atom. The van der Waals surface area contributed by atoms with Gasteiger partial charge in [0.1, 0.15) is 6.07 Å². The maximum absolute atomic E-state index is 9.03. The molecule has 0 aliphatic heterocycles.